The van der Waals surface area contributed by atoms with Gasteiger partial charge in [-0.3, -0.25) is 4.79 Å². The highest BCUT2D eigenvalue weighted by molar-refractivity contribution is 7.13. The summed E-state index contributed by atoms with van der Waals surface area (Å²) in [5.74, 6) is 1.02. The Labute approximate surface area is 108 Å². The van der Waals surface area contributed by atoms with Gasteiger partial charge in [-0.25, -0.2) is 9.97 Å². The lowest BCUT2D eigenvalue weighted by Crippen LogP contribution is -2.39. The maximum absolute atomic E-state index is 12.1. The molecule has 0 unspecified atom stereocenters. The Morgan fingerprint density at radius 3 is 3.17 bits per heavy atom. The van der Waals surface area contributed by atoms with Gasteiger partial charge in [-0.2, -0.15) is 0 Å². The molecular weight excluding hydrogens is 250 g/mol. The molecular formula is C11H13N5OS. The third kappa shape index (κ3) is 2.08. The first-order chi connectivity index (χ1) is 8.72. The maximum atomic E-state index is 12.1. The van der Waals surface area contributed by atoms with E-state index < -0.39 is 0 Å². The average molecular weight is 263 g/mol. The third-order valence-corrected chi connectivity index (χ3v) is 3.72. The van der Waals surface area contributed by atoms with Crippen molar-refractivity contribution >= 4 is 22.4 Å². The molecule has 3 rings (SSSR count). The fourth-order valence-corrected chi connectivity index (χ4v) is 2.62. The number of carbonyl (C=O) groups is 1. The zero-order valence-corrected chi connectivity index (χ0v) is 10.6. The minimum absolute atomic E-state index is 0.0783. The highest BCUT2D eigenvalue weighted by atomic mass is 32.1. The quantitative estimate of drug-likeness (QED) is 0.856. The zero-order valence-electron chi connectivity index (χ0n) is 9.74. The molecule has 1 aliphatic heterocycles. The van der Waals surface area contributed by atoms with E-state index in [1.165, 1.54) is 11.3 Å². The number of aromatic nitrogens is 3. The van der Waals surface area contributed by atoms with E-state index in [1.54, 1.807) is 6.20 Å². The van der Waals surface area contributed by atoms with E-state index in [-0.39, 0.29) is 5.91 Å². The van der Waals surface area contributed by atoms with Gasteiger partial charge in [-0.05, 0) is 0 Å². The van der Waals surface area contributed by atoms with Gasteiger partial charge in [0.2, 0.25) is 5.91 Å². The summed E-state index contributed by atoms with van der Waals surface area (Å²) in [6, 6.07) is 0. The summed E-state index contributed by atoms with van der Waals surface area (Å²) in [4.78, 5) is 22.3. The summed E-state index contributed by atoms with van der Waals surface area (Å²) >= 11 is 1.36. The SMILES string of the molecule is Nc1nc(CC(=O)N2CCn3ccnc3C2)cs1. The van der Waals surface area contributed by atoms with Crippen molar-refractivity contribution in [3.05, 3.63) is 29.3 Å². The molecule has 0 spiro atoms. The molecule has 2 N–H and O–H groups in total. The number of fused-ring (bicyclic) bond motifs is 1. The summed E-state index contributed by atoms with van der Waals surface area (Å²) < 4.78 is 2.07. The van der Waals surface area contributed by atoms with Gasteiger partial charge < -0.3 is 15.2 Å². The molecule has 2 aromatic heterocycles. The topological polar surface area (TPSA) is 77.0 Å². The number of rotatable bonds is 2. The van der Waals surface area contributed by atoms with Gasteiger partial charge in [0.05, 0.1) is 18.7 Å². The summed E-state index contributed by atoms with van der Waals surface area (Å²) in [6.07, 6.45) is 4.02. The van der Waals surface area contributed by atoms with Crippen LogP contribution in [-0.4, -0.2) is 31.9 Å². The summed E-state index contributed by atoms with van der Waals surface area (Å²) in [6.45, 7) is 2.10. The van der Waals surface area contributed by atoms with Crippen LogP contribution in [0.15, 0.2) is 17.8 Å². The number of nitrogens with two attached hydrogens (primary N) is 1. The normalized spacial score (nSPS) is 14.6. The first-order valence-corrected chi connectivity index (χ1v) is 6.58. The maximum Gasteiger partial charge on any atom is 0.229 e. The minimum Gasteiger partial charge on any atom is -0.375 e. The number of nitrogen functional groups attached to an aromatic ring is 1. The molecule has 0 radical (unpaired) electrons. The first kappa shape index (κ1) is 11.2. The molecule has 0 saturated heterocycles. The van der Waals surface area contributed by atoms with E-state index in [0.717, 1.165) is 24.6 Å². The number of amides is 1. The predicted molar refractivity (Wildman–Crippen MR) is 67.9 cm³/mol. The number of imidazole rings is 1. The van der Waals surface area contributed by atoms with Gasteiger partial charge in [0, 0.05) is 30.9 Å². The van der Waals surface area contributed by atoms with Crippen LogP contribution >= 0.6 is 11.3 Å². The van der Waals surface area contributed by atoms with E-state index in [1.807, 2.05) is 16.5 Å². The lowest BCUT2D eigenvalue weighted by molar-refractivity contribution is -0.132. The lowest BCUT2D eigenvalue weighted by atomic mass is 10.2. The number of thiazole rings is 1. The van der Waals surface area contributed by atoms with E-state index in [9.17, 15) is 4.79 Å². The molecule has 0 aliphatic carbocycles. The Morgan fingerprint density at radius 2 is 2.39 bits per heavy atom. The smallest absolute Gasteiger partial charge is 0.229 e. The van der Waals surface area contributed by atoms with Crippen molar-refractivity contribution in [3.63, 3.8) is 0 Å². The fourth-order valence-electron chi connectivity index (χ4n) is 2.06. The third-order valence-electron chi connectivity index (χ3n) is 3.00. The molecule has 2 aromatic rings. The van der Waals surface area contributed by atoms with Crippen LogP contribution in [0.2, 0.25) is 0 Å². The van der Waals surface area contributed by atoms with E-state index in [4.69, 9.17) is 5.73 Å². The molecule has 0 aromatic carbocycles. The van der Waals surface area contributed by atoms with Crippen molar-refractivity contribution in [2.24, 2.45) is 0 Å². The van der Waals surface area contributed by atoms with Crippen LogP contribution in [0.25, 0.3) is 0 Å². The van der Waals surface area contributed by atoms with Gasteiger partial charge in [-0.1, -0.05) is 0 Å². The summed E-state index contributed by atoms with van der Waals surface area (Å²) in [5.41, 5.74) is 6.30. The minimum atomic E-state index is 0.0783. The Bertz CT molecular complexity index is 576. The second-order valence-electron chi connectivity index (χ2n) is 4.21. The van der Waals surface area contributed by atoms with Gasteiger partial charge in [0.1, 0.15) is 5.82 Å². The molecule has 7 heteroatoms. The second kappa shape index (κ2) is 4.41. The first-order valence-electron chi connectivity index (χ1n) is 5.70. The number of hydrogen-bond acceptors (Lipinski definition) is 5. The Kier molecular flexibility index (Phi) is 2.75. The Morgan fingerprint density at radius 1 is 1.50 bits per heavy atom. The molecule has 1 amide bonds. The molecule has 0 fully saturated rings. The van der Waals surface area contributed by atoms with Crippen molar-refractivity contribution in [2.45, 2.75) is 19.5 Å². The lowest BCUT2D eigenvalue weighted by Gasteiger charge is -2.27. The highest BCUT2D eigenvalue weighted by Gasteiger charge is 2.21. The van der Waals surface area contributed by atoms with Crippen LogP contribution in [0.5, 0.6) is 0 Å². The highest BCUT2D eigenvalue weighted by Crippen LogP contribution is 2.15. The number of anilines is 1. The van der Waals surface area contributed by atoms with Gasteiger partial charge in [-0.15, -0.1) is 11.3 Å². The van der Waals surface area contributed by atoms with E-state index in [0.29, 0.717) is 18.1 Å². The van der Waals surface area contributed by atoms with Crippen molar-refractivity contribution in [1.29, 1.82) is 0 Å². The van der Waals surface area contributed by atoms with Crippen molar-refractivity contribution in [2.75, 3.05) is 12.3 Å². The van der Waals surface area contributed by atoms with Crippen LogP contribution in [0, 0.1) is 0 Å². The van der Waals surface area contributed by atoms with Crippen LogP contribution < -0.4 is 5.73 Å². The molecule has 94 valence electrons. The molecule has 18 heavy (non-hydrogen) atoms. The van der Waals surface area contributed by atoms with E-state index >= 15 is 0 Å². The zero-order chi connectivity index (χ0) is 12.5. The van der Waals surface area contributed by atoms with Crippen molar-refractivity contribution < 1.29 is 4.79 Å². The van der Waals surface area contributed by atoms with Crippen LogP contribution in [0.3, 0.4) is 0 Å². The molecule has 1 aliphatic rings. The second-order valence-corrected chi connectivity index (χ2v) is 5.10. The fraction of sp³-hybridized carbons (Fsp3) is 0.364. The Balaban J connectivity index is 1.67. The van der Waals surface area contributed by atoms with Gasteiger partial charge >= 0.3 is 0 Å². The van der Waals surface area contributed by atoms with Gasteiger partial charge in [0.15, 0.2) is 5.13 Å². The Hall–Kier alpha value is -1.89. The molecule has 0 saturated carbocycles. The predicted octanol–water partition coefficient (Wildman–Crippen LogP) is 0.507. The standard InChI is InChI=1S/C11H13N5OS/c12-11-14-8(7-18-11)5-10(17)16-4-3-15-2-1-13-9(15)6-16/h1-2,7H,3-6H2,(H2,12,14). The molecule has 6 nitrogen and oxygen atoms in total. The largest absolute Gasteiger partial charge is 0.375 e. The molecule has 3 heterocycles. The number of nitrogens with zero attached hydrogens (tertiary/aromatic N) is 4. The average Bonchev–Trinajstić information content (AvgIpc) is 2.96. The van der Waals surface area contributed by atoms with Crippen LogP contribution in [0.1, 0.15) is 11.5 Å². The summed E-state index contributed by atoms with van der Waals surface area (Å²) in [5, 5.41) is 2.34. The van der Waals surface area contributed by atoms with Crippen LogP contribution in [-0.2, 0) is 24.3 Å². The van der Waals surface area contributed by atoms with Crippen molar-refractivity contribution in [3.8, 4) is 0 Å². The molecule has 0 atom stereocenters. The number of carbonyl (C=O) groups excluding carboxylic acids is 1. The molecule has 0 bridgehead atoms. The van der Waals surface area contributed by atoms with Crippen molar-refractivity contribution in [1.82, 2.24) is 19.4 Å². The number of hydrogen-bond donors (Lipinski definition) is 1. The van der Waals surface area contributed by atoms with E-state index in [2.05, 4.69) is 14.5 Å². The van der Waals surface area contributed by atoms with Crippen LogP contribution in [0.4, 0.5) is 5.13 Å². The van der Waals surface area contributed by atoms with Gasteiger partial charge in [0.25, 0.3) is 0 Å². The monoisotopic (exact) mass is 263 g/mol. The summed E-state index contributed by atoms with van der Waals surface area (Å²) in [7, 11) is 0.